The Morgan fingerprint density at radius 1 is 0.862 bits per heavy atom. The summed E-state index contributed by atoms with van der Waals surface area (Å²) in [5.74, 6) is 0.0881. The number of sulfonamides is 1. The van der Waals surface area contributed by atoms with E-state index in [9.17, 15) is 13.2 Å². The number of hydrogen-bond acceptors (Lipinski definition) is 5. The Hall–Kier alpha value is -3.32. The number of esters is 1. The van der Waals surface area contributed by atoms with E-state index in [1.54, 1.807) is 36.4 Å². The van der Waals surface area contributed by atoms with Crippen molar-refractivity contribution in [2.45, 2.75) is 11.4 Å². The van der Waals surface area contributed by atoms with Crippen LogP contribution in [0.25, 0.3) is 0 Å². The monoisotopic (exact) mass is 411 g/mol. The summed E-state index contributed by atoms with van der Waals surface area (Å²) in [5, 5.41) is 0. The fourth-order valence-electron chi connectivity index (χ4n) is 2.82. The summed E-state index contributed by atoms with van der Waals surface area (Å²) in [6, 6.07) is 21.8. The van der Waals surface area contributed by atoms with Gasteiger partial charge in [0.25, 0.3) is 10.0 Å². The molecule has 0 fully saturated rings. The van der Waals surface area contributed by atoms with E-state index < -0.39 is 16.0 Å². The lowest BCUT2D eigenvalue weighted by molar-refractivity contribution is 0.0600. The van der Waals surface area contributed by atoms with Crippen LogP contribution in [0, 0.1) is 0 Å². The minimum absolute atomic E-state index is 0.145. The number of carbonyl (C=O) groups excluding carboxylic acids is 1. The van der Waals surface area contributed by atoms with Gasteiger partial charge in [0.15, 0.2) is 0 Å². The van der Waals surface area contributed by atoms with Gasteiger partial charge in [-0.05, 0) is 54.1 Å². The predicted octanol–water partition coefficient (Wildman–Crippen LogP) is 3.88. The van der Waals surface area contributed by atoms with Gasteiger partial charge in [-0.15, -0.1) is 0 Å². The summed E-state index contributed by atoms with van der Waals surface area (Å²) < 4.78 is 37.9. The second-order valence-electron chi connectivity index (χ2n) is 6.21. The zero-order chi connectivity index (χ0) is 20.9. The van der Waals surface area contributed by atoms with Gasteiger partial charge in [-0.1, -0.05) is 30.3 Å². The van der Waals surface area contributed by atoms with Crippen LogP contribution >= 0.6 is 0 Å². The Balaban J connectivity index is 2.03. The Labute approximate surface area is 170 Å². The second-order valence-corrected chi connectivity index (χ2v) is 8.07. The van der Waals surface area contributed by atoms with Crippen molar-refractivity contribution in [3.8, 4) is 5.75 Å². The Kier molecular flexibility index (Phi) is 6.19. The second kappa shape index (κ2) is 8.79. The predicted molar refractivity (Wildman–Crippen MR) is 111 cm³/mol. The Morgan fingerprint density at radius 3 is 2.03 bits per heavy atom. The molecular weight excluding hydrogens is 390 g/mol. The van der Waals surface area contributed by atoms with Gasteiger partial charge in [0.2, 0.25) is 0 Å². The van der Waals surface area contributed by atoms with E-state index in [1.807, 2.05) is 30.3 Å². The number of nitrogens with zero attached hydrogens (tertiary/aromatic N) is 1. The van der Waals surface area contributed by atoms with Crippen molar-refractivity contribution in [3.63, 3.8) is 0 Å². The average molecular weight is 411 g/mol. The van der Waals surface area contributed by atoms with Crippen LogP contribution in [-0.2, 0) is 21.3 Å². The molecule has 0 spiro atoms. The van der Waals surface area contributed by atoms with E-state index in [2.05, 4.69) is 0 Å². The minimum atomic E-state index is -3.85. The lowest BCUT2D eigenvalue weighted by atomic mass is 10.2. The summed E-state index contributed by atoms with van der Waals surface area (Å²) in [7, 11) is -1.03. The maximum absolute atomic E-state index is 13.4. The molecule has 6 nitrogen and oxygen atoms in total. The van der Waals surface area contributed by atoms with Crippen molar-refractivity contribution in [2.24, 2.45) is 0 Å². The van der Waals surface area contributed by atoms with Gasteiger partial charge in [0, 0.05) is 0 Å². The molecule has 0 aliphatic heterocycles. The number of anilines is 1. The summed E-state index contributed by atoms with van der Waals surface area (Å²) in [5.41, 5.74) is 1.62. The van der Waals surface area contributed by atoms with Gasteiger partial charge in [-0.25, -0.2) is 13.2 Å². The summed E-state index contributed by atoms with van der Waals surface area (Å²) in [6.45, 7) is 0.146. The van der Waals surface area contributed by atoms with Crippen molar-refractivity contribution in [1.29, 1.82) is 0 Å². The highest BCUT2D eigenvalue weighted by Gasteiger charge is 2.25. The summed E-state index contributed by atoms with van der Waals surface area (Å²) >= 11 is 0. The van der Waals surface area contributed by atoms with E-state index in [-0.39, 0.29) is 11.4 Å². The molecule has 7 heteroatoms. The molecule has 0 amide bonds. The molecule has 3 aromatic rings. The zero-order valence-corrected chi connectivity index (χ0v) is 16.9. The van der Waals surface area contributed by atoms with Crippen LogP contribution in [0.2, 0.25) is 0 Å². The van der Waals surface area contributed by atoms with E-state index in [0.29, 0.717) is 17.0 Å². The van der Waals surface area contributed by atoms with Crippen LogP contribution in [-0.4, -0.2) is 28.6 Å². The van der Waals surface area contributed by atoms with Gasteiger partial charge in [0.05, 0.1) is 36.9 Å². The van der Waals surface area contributed by atoms with Crippen LogP contribution in [0.3, 0.4) is 0 Å². The normalized spacial score (nSPS) is 11.0. The van der Waals surface area contributed by atoms with Gasteiger partial charge < -0.3 is 9.47 Å². The first-order valence-electron chi connectivity index (χ1n) is 8.85. The van der Waals surface area contributed by atoms with Crippen LogP contribution in [0.1, 0.15) is 15.9 Å². The van der Waals surface area contributed by atoms with E-state index in [0.717, 1.165) is 5.56 Å². The van der Waals surface area contributed by atoms with Gasteiger partial charge in [0.1, 0.15) is 5.75 Å². The van der Waals surface area contributed by atoms with Crippen molar-refractivity contribution in [3.05, 3.63) is 90.0 Å². The molecule has 0 radical (unpaired) electrons. The number of rotatable bonds is 7. The molecule has 0 unspecified atom stereocenters. The molecule has 0 aliphatic rings. The lowest BCUT2D eigenvalue weighted by Crippen LogP contribution is -2.30. The molecule has 3 aromatic carbocycles. The number of carbonyl (C=O) groups is 1. The lowest BCUT2D eigenvalue weighted by Gasteiger charge is -2.25. The molecule has 29 heavy (non-hydrogen) atoms. The number of hydrogen-bond donors (Lipinski definition) is 0. The fourth-order valence-corrected chi connectivity index (χ4v) is 4.27. The van der Waals surface area contributed by atoms with Crippen molar-refractivity contribution in [1.82, 2.24) is 0 Å². The summed E-state index contributed by atoms with van der Waals surface area (Å²) in [4.78, 5) is 11.8. The molecule has 0 saturated heterocycles. The smallest absolute Gasteiger partial charge is 0.337 e. The number of methoxy groups -OCH3 is 2. The van der Waals surface area contributed by atoms with E-state index in [1.165, 1.54) is 30.7 Å². The van der Waals surface area contributed by atoms with Crippen LogP contribution in [0.5, 0.6) is 5.75 Å². The third-order valence-corrected chi connectivity index (χ3v) is 6.18. The van der Waals surface area contributed by atoms with Crippen molar-refractivity contribution < 1.29 is 22.7 Å². The molecule has 150 valence electrons. The number of ether oxygens (including phenoxy) is 2. The van der Waals surface area contributed by atoms with Gasteiger partial charge in [-0.3, -0.25) is 4.31 Å². The number of benzene rings is 3. The fraction of sp³-hybridized carbons (Fsp3) is 0.136. The third kappa shape index (κ3) is 4.57. The van der Waals surface area contributed by atoms with Crippen LogP contribution in [0.15, 0.2) is 83.8 Å². The molecule has 0 heterocycles. The molecule has 0 aromatic heterocycles. The van der Waals surface area contributed by atoms with Gasteiger partial charge >= 0.3 is 5.97 Å². The highest BCUT2D eigenvalue weighted by Crippen LogP contribution is 2.27. The molecule has 0 N–H and O–H groups in total. The minimum Gasteiger partial charge on any atom is -0.497 e. The average Bonchev–Trinajstić information content (AvgIpc) is 2.77. The standard InChI is InChI=1S/C22H21NO5S/c1-27-20-12-14-21(15-13-20)29(25,26)23(16-17-6-4-3-5-7-17)19-10-8-18(9-11-19)22(24)28-2/h3-15H,16H2,1-2H3. The highest BCUT2D eigenvalue weighted by molar-refractivity contribution is 7.92. The zero-order valence-electron chi connectivity index (χ0n) is 16.1. The molecular formula is C22H21NO5S. The van der Waals surface area contributed by atoms with E-state index in [4.69, 9.17) is 9.47 Å². The Bertz CT molecular complexity index is 1060. The molecule has 0 atom stereocenters. The van der Waals surface area contributed by atoms with Crippen molar-refractivity contribution in [2.75, 3.05) is 18.5 Å². The van der Waals surface area contributed by atoms with Crippen LogP contribution in [0.4, 0.5) is 5.69 Å². The molecule has 0 bridgehead atoms. The largest absolute Gasteiger partial charge is 0.497 e. The first-order valence-corrected chi connectivity index (χ1v) is 10.3. The SMILES string of the molecule is COC(=O)c1ccc(N(Cc2ccccc2)S(=O)(=O)c2ccc(OC)cc2)cc1. The third-order valence-electron chi connectivity index (χ3n) is 4.39. The van der Waals surface area contributed by atoms with E-state index >= 15 is 0 Å². The molecule has 3 rings (SSSR count). The van der Waals surface area contributed by atoms with Crippen LogP contribution < -0.4 is 9.04 Å². The summed E-state index contributed by atoms with van der Waals surface area (Å²) in [6.07, 6.45) is 0. The maximum atomic E-state index is 13.4. The first-order chi connectivity index (χ1) is 14.0. The highest BCUT2D eigenvalue weighted by atomic mass is 32.2. The Morgan fingerprint density at radius 2 is 1.48 bits per heavy atom. The first kappa shape index (κ1) is 20.4. The van der Waals surface area contributed by atoms with Gasteiger partial charge in [-0.2, -0.15) is 0 Å². The topological polar surface area (TPSA) is 72.9 Å². The quantitative estimate of drug-likeness (QED) is 0.552. The molecule has 0 saturated carbocycles. The molecule has 0 aliphatic carbocycles. The maximum Gasteiger partial charge on any atom is 0.337 e. The van der Waals surface area contributed by atoms with Crippen molar-refractivity contribution >= 4 is 21.7 Å².